The molecule has 1 aromatic rings. The molecule has 0 aromatic heterocycles. The van der Waals surface area contributed by atoms with Crippen molar-refractivity contribution in [2.24, 2.45) is 5.92 Å². The number of nitrogens with zero attached hydrogens (tertiary/aromatic N) is 1. The first kappa shape index (κ1) is 14.5. The molecule has 1 unspecified atom stereocenters. The monoisotopic (exact) mass is 325 g/mol. The number of carbonyl (C=O) groups excluding carboxylic acids is 1. The molecule has 0 bridgehead atoms. The minimum absolute atomic E-state index is 0.116. The van der Waals surface area contributed by atoms with Gasteiger partial charge >= 0.3 is 0 Å². The average Bonchev–Trinajstić information content (AvgIpc) is 2.39. The lowest BCUT2D eigenvalue weighted by Crippen LogP contribution is -2.37. The second-order valence-electron chi connectivity index (χ2n) is 5.13. The molecule has 0 aliphatic carbocycles. The zero-order valence-electron chi connectivity index (χ0n) is 11.5. The van der Waals surface area contributed by atoms with E-state index in [4.69, 9.17) is 4.74 Å². The summed E-state index contributed by atoms with van der Waals surface area (Å²) in [5.41, 5.74) is 1.85. The highest BCUT2D eigenvalue weighted by molar-refractivity contribution is 9.10. The highest BCUT2D eigenvalue weighted by Gasteiger charge is 2.22. The van der Waals surface area contributed by atoms with E-state index in [9.17, 15) is 4.79 Å². The summed E-state index contributed by atoms with van der Waals surface area (Å²) in [7, 11) is 1.75. The van der Waals surface area contributed by atoms with Gasteiger partial charge in [0.15, 0.2) is 5.78 Å². The zero-order chi connectivity index (χ0) is 13.8. The molecule has 1 saturated heterocycles. The quantitative estimate of drug-likeness (QED) is 0.793. The summed E-state index contributed by atoms with van der Waals surface area (Å²) in [5, 5.41) is 0. The van der Waals surface area contributed by atoms with Crippen LogP contribution in [-0.2, 0) is 4.74 Å². The van der Waals surface area contributed by atoms with Crippen molar-refractivity contribution in [1.82, 2.24) is 0 Å². The van der Waals surface area contributed by atoms with Crippen molar-refractivity contribution >= 4 is 27.4 Å². The van der Waals surface area contributed by atoms with Crippen LogP contribution < -0.4 is 4.90 Å². The van der Waals surface area contributed by atoms with E-state index in [2.05, 4.69) is 20.8 Å². The Morgan fingerprint density at radius 1 is 1.53 bits per heavy atom. The first-order valence-electron chi connectivity index (χ1n) is 6.66. The predicted molar refractivity (Wildman–Crippen MR) is 81.0 cm³/mol. The van der Waals surface area contributed by atoms with E-state index in [1.54, 1.807) is 14.0 Å². The zero-order valence-corrected chi connectivity index (χ0v) is 13.1. The molecular weight excluding hydrogens is 306 g/mol. The number of methoxy groups -OCH3 is 1. The Hall–Kier alpha value is -0.870. The Morgan fingerprint density at radius 3 is 3.00 bits per heavy atom. The Kier molecular flexibility index (Phi) is 4.99. The van der Waals surface area contributed by atoms with Crippen molar-refractivity contribution < 1.29 is 9.53 Å². The molecule has 1 aromatic carbocycles. The maximum Gasteiger partial charge on any atom is 0.161 e. The molecule has 3 nitrogen and oxygen atoms in total. The topological polar surface area (TPSA) is 29.5 Å². The number of hydrogen-bond donors (Lipinski definition) is 0. The number of anilines is 1. The molecule has 1 aliphatic rings. The molecular formula is C15H20BrNO2. The number of ether oxygens (including phenoxy) is 1. The second-order valence-corrected chi connectivity index (χ2v) is 6.04. The van der Waals surface area contributed by atoms with E-state index in [-0.39, 0.29) is 5.78 Å². The smallest absolute Gasteiger partial charge is 0.161 e. The minimum atomic E-state index is 0.116. The third-order valence-electron chi connectivity index (χ3n) is 3.60. The lowest BCUT2D eigenvalue weighted by molar-refractivity contribution is 0.101. The van der Waals surface area contributed by atoms with Gasteiger partial charge in [0.2, 0.25) is 0 Å². The number of carbonyl (C=O) groups is 1. The van der Waals surface area contributed by atoms with Gasteiger partial charge in [0, 0.05) is 35.9 Å². The van der Waals surface area contributed by atoms with Crippen molar-refractivity contribution in [3.63, 3.8) is 0 Å². The molecule has 0 saturated carbocycles. The molecule has 1 heterocycles. The summed E-state index contributed by atoms with van der Waals surface area (Å²) in [6.07, 6.45) is 2.36. The average molecular weight is 326 g/mol. The van der Waals surface area contributed by atoms with Crippen LogP contribution in [0.5, 0.6) is 0 Å². The molecule has 0 radical (unpaired) electrons. The molecule has 1 aliphatic heterocycles. The summed E-state index contributed by atoms with van der Waals surface area (Å²) < 4.78 is 6.21. The van der Waals surface area contributed by atoms with Crippen LogP contribution in [0.2, 0.25) is 0 Å². The number of piperidine rings is 1. The van der Waals surface area contributed by atoms with E-state index in [0.29, 0.717) is 5.92 Å². The summed E-state index contributed by atoms with van der Waals surface area (Å²) in [6, 6.07) is 5.95. The molecule has 1 fully saturated rings. The fourth-order valence-electron chi connectivity index (χ4n) is 2.72. The maximum atomic E-state index is 11.8. The molecule has 104 valence electrons. The Morgan fingerprint density at radius 2 is 2.32 bits per heavy atom. The number of Topliss-reactive ketones (excluding diaryl/α,β-unsaturated/α-hetero) is 1. The van der Waals surface area contributed by atoms with Crippen LogP contribution >= 0.6 is 15.9 Å². The van der Waals surface area contributed by atoms with Crippen LogP contribution in [0.3, 0.4) is 0 Å². The van der Waals surface area contributed by atoms with Gasteiger partial charge in [-0.1, -0.05) is 15.9 Å². The Labute approximate surface area is 123 Å². The van der Waals surface area contributed by atoms with Crippen LogP contribution in [0.1, 0.15) is 30.1 Å². The molecule has 4 heteroatoms. The van der Waals surface area contributed by atoms with Crippen LogP contribution in [0.15, 0.2) is 22.7 Å². The standard InChI is InChI=1S/C15H20BrNO2/c1-11(18)14-8-13(16)5-6-15(14)17-7-3-4-12(9-17)10-19-2/h5-6,8,12H,3-4,7,9-10H2,1-2H3. The first-order valence-corrected chi connectivity index (χ1v) is 7.45. The largest absolute Gasteiger partial charge is 0.384 e. The summed E-state index contributed by atoms with van der Waals surface area (Å²) >= 11 is 3.43. The first-order chi connectivity index (χ1) is 9.11. The van der Waals surface area contributed by atoms with Gasteiger partial charge in [-0.05, 0) is 43.9 Å². The van der Waals surface area contributed by atoms with Gasteiger partial charge in [0.05, 0.1) is 6.61 Å². The van der Waals surface area contributed by atoms with Gasteiger partial charge in [-0.2, -0.15) is 0 Å². The van der Waals surface area contributed by atoms with Crippen molar-refractivity contribution in [3.05, 3.63) is 28.2 Å². The molecule has 2 rings (SSSR count). The van der Waals surface area contributed by atoms with Gasteiger partial charge in [-0.3, -0.25) is 4.79 Å². The third-order valence-corrected chi connectivity index (χ3v) is 4.09. The fourth-order valence-corrected chi connectivity index (χ4v) is 3.08. The molecule has 0 spiro atoms. The van der Waals surface area contributed by atoms with Gasteiger partial charge in [-0.15, -0.1) is 0 Å². The van der Waals surface area contributed by atoms with Crippen LogP contribution in [0, 0.1) is 5.92 Å². The SMILES string of the molecule is COCC1CCCN(c2ccc(Br)cc2C(C)=O)C1. The van der Waals surface area contributed by atoms with Gasteiger partial charge in [0.25, 0.3) is 0 Å². The normalized spacial score (nSPS) is 19.5. The summed E-state index contributed by atoms with van der Waals surface area (Å²) in [5.74, 6) is 0.673. The van der Waals surface area contributed by atoms with Gasteiger partial charge < -0.3 is 9.64 Å². The van der Waals surface area contributed by atoms with Crippen LogP contribution in [0.25, 0.3) is 0 Å². The number of benzene rings is 1. The lowest BCUT2D eigenvalue weighted by atomic mass is 9.97. The van der Waals surface area contributed by atoms with Crippen molar-refractivity contribution in [2.75, 3.05) is 31.7 Å². The third kappa shape index (κ3) is 3.57. The molecule has 0 N–H and O–H groups in total. The van der Waals surface area contributed by atoms with Crippen molar-refractivity contribution in [1.29, 1.82) is 0 Å². The van der Waals surface area contributed by atoms with Gasteiger partial charge in [-0.25, -0.2) is 0 Å². The van der Waals surface area contributed by atoms with Crippen LogP contribution in [0.4, 0.5) is 5.69 Å². The number of hydrogen-bond acceptors (Lipinski definition) is 3. The second kappa shape index (κ2) is 6.53. The molecule has 1 atom stereocenters. The van der Waals surface area contributed by atoms with E-state index in [1.807, 2.05) is 18.2 Å². The highest BCUT2D eigenvalue weighted by atomic mass is 79.9. The van der Waals surface area contributed by atoms with E-state index >= 15 is 0 Å². The van der Waals surface area contributed by atoms with Crippen molar-refractivity contribution in [3.8, 4) is 0 Å². The van der Waals surface area contributed by atoms with Crippen molar-refractivity contribution in [2.45, 2.75) is 19.8 Å². The maximum absolute atomic E-state index is 11.8. The fraction of sp³-hybridized carbons (Fsp3) is 0.533. The Bertz CT molecular complexity index is 459. The minimum Gasteiger partial charge on any atom is -0.384 e. The van der Waals surface area contributed by atoms with Crippen LogP contribution in [-0.4, -0.2) is 32.6 Å². The molecule has 0 amide bonds. The van der Waals surface area contributed by atoms with E-state index in [1.165, 1.54) is 6.42 Å². The van der Waals surface area contributed by atoms with Gasteiger partial charge in [0.1, 0.15) is 0 Å². The summed E-state index contributed by atoms with van der Waals surface area (Å²) in [4.78, 5) is 14.1. The summed E-state index contributed by atoms with van der Waals surface area (Å²) in [6.45, 7) is 4.40. The highest BCUT2D eigenvalue weighted by Crippen LogP contribution is 2.29. The number of rotatable bonds is 4. The number of halogens is 1. The van der Waals surface area contributed by atoms with E-state index in [0.717, 1.165) is 41.8 Å². The Balaban J connectivity index is 2.23. The molecule has 19 heavy (non-hydrogen) atoms. The predicted octanol–water partition coefficient (Wildman–Crippen LogP) is 3.51. The van der Waals surface area contributed by atoms with E-state index < -0.39 is 0 Å². The lowest BCUT2D eigenvalue weighted by Gasteiger charge is -2.35. The number of ketones is 1.